The minimum Gasteiger partial charge on any atom is -0.493 e. The maximum absolute atomic E-state index is 13.6. The molecule has 2 amide bonds. The fourth-order valence-corrected chi connectivity index (χ4v) is 5.68. The van der Waals surface area contributed by atoms with Crippen LogP contribution in [0.25, 0.3) is 0 Å². The zero-order chi connectivity index (χ0) is 28.3. The van der Waals surface area contributed by atoms with Crippen LogP contribution in [-0.2, 0) is 23.9 Å². The summed E-state index contributed by atoms with van der Waals surface area (Å²) < 4.78 is 45.7. The number of amides is 2. The molecule has 0 unspecified atom stereocenters. The van der Waals surface area contributed by atoms with Crippen LogP contribution in [0, 0.1) is 5.41 Å². The van der Waals surface area contributed by atoms with Crippen LogP contribution in [0.3, 0.4) is 0 Å². The van der Waals surface area contributed by atoms with Crippen LogP contribution in [0.1, 0.15) is 46.3 Å². The molecule has 2 heterocycles. The molecule has 40 heavy (non-hydrogen) atoms. The fraction of sp³-hybridized carbons (Fsp3) is 0.355. The van der Waals surface area contributed by atoms with Crippen LogP contribution in [0.2, 0.25) is 5.02 Å². The minimum atomic E-state index is -4.53. The number of alkyl halides is 3. The van der Waals surface area contributed by atoms with Gasteiger partial charge >= 0.3 is 6.18 Å². The highest BCUT2D eigenvalue weighted by molar-refractivity contribution is 6.30. The number of carbonyl (C=O) groups excluding carboxylic acids is 2. The van der Waals surface area contributed by atoms with Crippen molar-refractivity contribution < 1.29 is 27.5 Å². The SMILES string of the molecule is O=C(CC1(COc2cccc(Cl)c2)CCN(C(=O)c2cccc(C(F)(F)F)c2)CC1)N1CCc2ccccc2C1. The van der Waals surface area contributed by atoms with Gasteiger partial charge in [0, 0.05) is 48.6 Å². The predicted octanol–water partition coefficient (Wildman–Crippen LogP) is 6.64. The first kappa shape index (κ1) is 28.0. The Bertz CT molecular complexity index is 1390. The van der Waals surface area contributed by atoms with E-state index in [4.69, 9.17) is 16.3 Å². The number of hydrogen-bond donors (Lipinski definition) is 0. The van der Waals surface area contributed by atoms with Gasteiger partial charge in [-0.15, -0.1) is 0 Å². The molecular formula is C31H30ClF3N2O3. The largest absolute Gasteiger partial charge is 0.493 e. The number of fused-ring (bicyclic) bond motifs is 1. The van der Waals surface area contributed by atoms with Gasteiger partial charge in [-0.2, -0.15) is 13.2 Å². The van der Waals surface area contributed by atoms with Gasteiger partial charge in [0.15, 0.2) is 0 Å². The molecule has 1 fully saturated rings. The van der Waals surface area contributed by atoms with E-state index in [1.807, 2.05) is 23.1 Å². The van der Waals surface area contributed by atoms with E-state index in [0.717, 1.165) is 24.1 Å². The zero-order valence-corrected chi connectivity index (χ0v) is 22.7. The molecule has 0 aromatic heterocycles. The summed E-state index contributed by atoms with van der Waals surface area (Å²) in [5.74, 6) is 0.171. The molecule has 0 atom stereocenters. The molecule has 3 aromatic carbocycles. The van der Waals surface area contributed by atoms with Crippen molar-refractivity contribution >= 4 is 23.4 Å². The number of benzene rings is 3. The summed E-state index contributed by atoms with van der Waals surface area (Å²) in [5, 5.41) is 0.538. The molecule has 0 aliphatic carbocycles. The number of rotatable bonds is 6. The average molecular weight is 571 g/mol. The second-order valence-corrected chi connectivity index (χ2v) is 11.1. The summed E-state index contributed by atoms with van der Waals surface area (Å²) in [6, 6.07) is 19.7. The van der Waals surface area contributed by atoms with Gasteiger partial charge in [0.25, 0.3) is 5.91 Å². The molecule has 2 aliphatic rings. The van der Waals surface area contributed by atoms with Crippen LogP contribution in [0.15, 0.2) is 72.8 Å². The lowest BCUT2D eigenvalue weighted by Gasteiger charge is -2.42. The molecule has 210 valence electrons. The number of piperidine rings is 1. The number of hydrogen-bond acceptors (Lipinski definition) is 3. The van der Waals surface area contributed by atoms with E-state index in [-0.39, 0.29) is 24.5 Å². The van der Waals surface area contributed by atoms with Crippen molar-refractivity contribution in [2.75, 3.05) is 26.2 Å². The molecule has 0 bridgehead atoms. The van der Waals surface area contributed by atoms with Gasteiger partial charge in [-0.3, -0.25) is 9.59 Å². The molecule has 0 radical (unpaired) electrons. The number of nitrogens with zero attached hydrogens (tertiary/aromatic N) is 2. The smallest absolute Gasteiger partial charge is 0.416 e. The third-order valence-corrected chi connectivity index (χ3v) is 8.13. The lowest BCUT2D eigenvalue weighted by Crippen LogP contribution is -2.48. The second-order valence-electron chi connectivity index (χ2n) is 10.6. The molecule has 5 rings (SSSR count). The normalized spacial score (nSPS) is 16.8. The maximum Gasteiger partial charge on any atom is 0.416 e. The molecule has 2 aliphatic heterocycles. The lowest BCUT2D eigenvalue weighted by molar-refractivity contribution is -0.137. The molecule has 1 saturated heterocycles. The van der Waals surface area contributed by atoms with Gasteiger partial charge in [-0.25, -0.2) is 0 Å². The Morgan fingerprint density at radius 2 is 1.60 bits per heavy atom. The monoisotopic (exact) mass is 570 g/mol. The third kappa shape index (κ3) is 6.44. The van der Waals surface area contributed by atoms with Gasteiger partial charge in [0.05, 0.1) is 12.2 Å². The first-order chi connectivity index (χ1) is 19.1. The lowest BCUT2D eigenvalue weighted by atomic mass is 9.75. The van der Waals surface area contributed by atoms with Crippen molar-refractivity contribution in [2.24, 2.45) is 5.41 Å². The van der Waals surface area contributed by atoms with Crippen LogP contribution in [-0.4, -0.2) is 47.9 Å². The minimum absolute atomic E-state index is 0.000519. The van der Waals surface area contributed by atoms with Gasteiger partial charge < -0.3 is 14.5 Å². The summed E-state index contributed by atoms with van der Waals surface area (Å²) in [5.41, 5.74) is 1.01. The summed E-state index contributed by atoms with van der Waals surface area (Å²) in [6.45, 7) is 2.07. The van der Waals surface area contributed by atoms with Crippen LogP contribution in [0.5, 0.6) is 5.75 Å². The quantitative estimate of drug-likeness (QED) is 0.334. The second kappa shape index (κ2) is 11.5. The summed E-state index contributed by atoms with van der Waals surface area (Å²) in [7, 11) is 0. The Hall–Kier alpha value is -3.52. The Kier molecular flexibility index (Phi) is 8.08. The van der Waals surface area contributed by atoms with Crippen LogP contribution >= 0.6 is 11.6 Å². The van der Waals surface area contributed by atoms with Gasteiger partial charge in [0.1, 0.15) is 5.75 Å². The number of ether oxygens (including phenoxy) is 1. The van der Waals surface area contributed by atoms with E-state index in [2.05, 4.69) is 6.07 Å². The molecule has 3 aromatic rings. The summed E-state index contributed by atoms with van der Waals surface area (Å²) >= 11 is 6.12. The van der Waals surface area contributed by atoms with Crippen molar-refractivity contribution in [1.29, 1.82) is 0 Å². The summed E-state index contributed by atoms with van der Waals surface area (Å²) in [6.07, 6.45) is -2.52. The number of carbonyl (C=O) groups is 2. The Morgan fingerprint density at radius 3 is 2.33 bits per heavy atom. The molecule has 9 heteroatoms. The fourth-order valence-electron chi connectivity index (χ4n) is 5.50. The van der Waals surface area contributed by atoms with E-state index in [1.165, 1.54) is 17.7 Å². The topological polar surface area (TPSA) is 49.9 Å². The van der Waals surface area contributed by atoms with Crippen molar-refractivity contribution in [1.82, 2.24) is 9.80 Å². The third-order valence-electron chi connectivity index (χ3n) is 7.90. The van der Waals surface area contributed by atoms with E-state index in [1.54, 1.807) is 29.2 Å². The van der Waals surface area contributed by atoms with E-state index in [9.17, 15) is 22.8 Å². The van der Waals surface area contributed by atoms with Crippen molar-refractivity contribution in [3.63, 3.8) is 0 Å². The highest BCUT2D eigenvalue weighted by Crippen LogP contribution is 2.38. The Balaban J connectivity index is 1.30. The zero-order valence-electron chi connectivity index (χ0n) is 21.9. The van der Waals surface area contributed by atoms with E-state index in [0.29, 0.717) is 49.8 Å². The number of likely N-dealkylation sites (tertiary alicyclic amines) is 1. The van der Waals surface area contributed by atoms with Crippen molar-refractivity contribution in [2.45, 2.75) is 38.4 Å². The van der Waals surface area contributed by atoms with E-state index >= 15 is 0 Å². The molecule has 0 spiro atoms. The molecule has 0 saturated carbocycles. The highest BCUT2D eigenvalue weighted by atomic mass is 35.5. The molecule has 0 N–H and O–H groups in total. The standard InChI is InChI=1S/C31H30ClF3N2O3/c32-26-9-4-10-27(18-26)40-21-30(19-28(38)37-14-11-22-5-1-2-6-24(22)20-37)12-15-36(16-13-30)29(39)23-7-3-8-25(17-23)31(33,34)35/h1-10,17-18H,11-16,19-21H2. The highest BCUT2D eigenvalue weighted by Gasteiger charge is 2.40. The van der Waals surface area contributed by atoms with Crippen molar-refractivity contribution in [3.8, 4) is 5.75 Å². The van der Waals surface area contributed by atoms with Crippen LogP contribution in [0.4, 0.5) is 13.2 Å². The van der Waals surface area contributed by atoms with Crippen LogP contribution < -0.4 is 4.74 Å². The van der Waals surface area contributed by atoms with Gasteiger partial charge in [-0.05, 0) is 66.8 Å². The number of halogens is 4. The van der Waals surface area contributed by atoms with E-state index < -0.39 is 23.1 Å². The predicted molar refractivity (Wildman–Crippen MR) is 146 cm³/mol. The van der Waals surface area contributed by atoms with Gasteiger partial charge in [0.2, 0.25) is 5.91 Å². The first-order valence-corrected chi connectivity index (χ1v) is 13.7. The Morgan fingerprint density at radius 1 is 0.875 bits per heavy atom. The average Bonchev–Trinajstić information content (AvgIpc) is 2.95. The maximum atomic E-state index is 13.6. The van der Waals surface area contributed by atoms with Gasteiger partial charge in [-0.1, -0.05) is 48.0 Å². The first-order valence-electron chi connectivity index (χ1n) is 13.3. The molecule has 5 nitrogen and oxygen atoms in total. The van der Waals surface area contributed by atoms with Crippen molar-refractivity contribution in [3.05, 3.63) is 100 Å². The summed E-state index contributed by atoms with van der Waals surface area (Å²) in [4.78, 5) is 30.2. The Labute approximate surface area is 236 Å². The molecular weight excluding hydrogens is 541 g/mol.